The molecule has 0 spiro atoms. The van der Waals surface area contributed by atoms with Crippen molar-refractivity contribution in [2.24, 2.45) is 0 Å². The molecule has 0 bridgehead atoms. The van der Waals surface area contributed by atoms with Gasteiger partial charge in [0.2, 0.25) is 5.91 Å². The first-order valence-electron chi connectivity index (χ1n) is 5.53. The predicted molar refractivity (Wildman–Crippen MR) is 64.4 cm³/mol. The molecule has 0 aromatic heterocycles. The first kappa shape index (κ1) is 15.3. The van der Waals surface area contributed by atoms with E-state index in [0.29, 0.717) is 18.9 Å². The number of hydrogen-bond acceptors (Lipinski definition) is 4. The zero-order valence-electron chi connectivity index (χ0n) is 10.4. The number of nitrogens with one attached hydrogen (secondary N) is 1. The van der Waals surface area contributed by atoms with E-state index >= 15 is 0 Å². The second-order valence-electron chi connectivity index (χ2n) is 3.50. The fourth-order valence-electron chi connectivity index (χ4n) is 1.22. The second-order valence-corrected chi connectivity index (χ2v) is 3.50. The summed E-state index contributed by atoms with van der Waals surface area (Å²) in [7, 11) is 1.53. The number of halogens is 2. The van der Waals surface area contributed by atoms with Crippen molar-refractivity contribution in [3.05, 3.63) is 24.3 Å². The van der Waals surface area contributed by atoms with Crippen LogP contribution in [0.5, 0.6) is 5.75 Å². The third-order valence-electron chi connectivity index (χ3n) is 2.03. The number of methoxy groups -OCH3 is 1. The van der Waals surface area contributed by atoms with Crippen LogP contribution in [0.15, 0.2) is 24.3 Å². The highest BCUT2D eigenvalue weighted by molar-refractivity contribution is 5.91. The minimum absolute atomic E-state index is 0.0318. The van der Waals surface area contributed by atoms with Crippen molar-refractivity contribution in [1.29, 1.82) is 0 Å². The van der Waals surface area contributed by atoms with Crippen molar-refractivity contribution < 1.29 is 27.8 Å². The van der Waals surface area contributed by atoms with Crippen LogP contribution in [0.1, 0.15) is 0 Å². The lowest BCUT2D eigenvalue weighted by molar-refractivity contribution is -0.121. The summed E-state index contributed by atoms with van der Waals surface area (Å²) < 4.78 is 37.8. The van der Waals surface area contributed by atoms with Gasteiger partial charge in [-0.1, -0.05) is 0 Å². The van der Waals surface area contributed by atoms with Gasteiger partial charge in [-0.25, -0.2) is 0 Å². The van der Waals surface area contributed by atoms with Crippen LogP contribution in [0.2, 0.25) is 0 Å². The lowest BCUT2D eigenvalue weighted by Crippen LogP contribution is -2.19. The fourth-order valence-corrected chi connectivity index (χ4v) is 1.22. The molecule has 1 aromatic rings. The molecule has 1 N–H and O–H groups in total. The van der Waals surface area contributed by atoms with Crippen LogP contribution in [-0.4, -0.2) is 39.4 Å². The van der Waals surface area contributed by atoms with E-state index in [4.69, 9.17) is 9.47 Å². The Morgan fingerprint density at radius 1 is 1.26 bits per heavy atom. The molecule has 19 heavy (non-hydrogen) atoms. The third kappa shape index (κ3) is 6.68. The minimum atomic E-state index is -2.87. The van der Waals surface area contributed by atoms with Crippen molar-refractivity contribution in [3.63, 3.8) is 0 Å². The highest BCUT2D eigenvalue weighted by Crippen LogP contribution is 2.17. The maximum Gasteiger partial charge on any atom is 0.387 e. The van der Waals surface area contributed by atoms with Gasteiger partial charge in [0.15, 0.2) is 0 Å². The van der Waals surface area contributed by atoms with Crippen LogP contribution < -0.4 is 10.1 Å². The normalized spacial score (nSPS) is 10.5. The Hall–Kier alpha value is -1.73. The Morgan fingerprint density at radius 3 is 2.53 bits per heavy atom. The molecule has 0 radical (unpaired) electrons. The molecular weight excluding hydrogens is 260 g/mol. The van der Waals surface area contributed by atoms with Gasteiger partial charge >= 0.3 is 6.61 Å². The van der Waals surface area contributed by atoms with Crippen molar-refractivity contribution in [2.75, 3.05) is 32.2 Å². The molecular formula is C12H15F2NO4. The summed E-state index contributed by atoms with van der Waals surface area (Å²) in [6, 6.07) is 5.61. The number of ether oxygens (including phenoxy) is 3. The van der Waals surface area contributed by atoms with Crippen LogP contribution in [0.25, 0.3) is 0 Å². The third-order valence-corrected chi connectivity index (χ3v) is 2.03. The number of benzene rings is 1. The predicted octanol–water partition coefficient (Wildman–Crippen LogP) is 1.89. The van der Waals surface area contributed by atoms with Gasteiger partial charge in [-0.15, -0.1) is 0 Å². The standard InChI is InChI=1S/C12H15F2NO4/c1-17-6-7-18-8-11(16)15-9-2-4-10(5-3-9)19-12(13)14/h2-5,12H,6-8H2,1H3,(H,15,16). The van der Waals surface area contributed by atoms with E-state index in [-0.39, 0.29) is 18.3 Å². The first-order valence-corrected chi connectivity index (χ1v) is 5.53. The van der Waals surface area contributed by atoms with Crippen molar-refractivity contribution >= 4 is 11.6 Å². The van der Waals surface area contributed by atoms with Crippen LogP contribution >= 0.6 is 0 Å². The van der Waals surface area contributed by atoms with Gasteiger partial charge < -0.3 is 19.5 Å². The van der Waals surface area contributed by atoms with Crippen LogP contribution in [0, 0.1) is 0 Å². The Morgan fingerprint density at radius 2 is 1.95 bits per heavy atom. The Labute approximate surface area is 109 Å². The van der Waals surface area contributed by atoms with E-state index in [1.807, 2.05) is 0 Å². The van der Waals surface area contributed by atoms with Crippen LogP contribution in [0.4, 0.5) is 14.5 Å². The molecule has 1 amide bonds. The van der Waals surface area contributed by atoms with Crippen LogP contribution in [0.3, 0.4) is 0 Å². The minimum Gasteiger partial charge on any atom is -0.435 e. The van der Waals surface area contributed by atoms with Crippen molar-refractivity contribution in [1.82, 2.24) is 0 Å². The van der Waals surface area contributed by atoms with Crippen molar-refractivity contribution in [3.8, 4) is 5.75 Å². The Kier molecular flexibility index (Phi) is 6.76. The molecule has 0 atom stereocenters. The van der Waals surface area contributed by atoms with Gasteiger partial charge in [-0.2, -0.15) is 8.78 Å². The molecule has 0 aliphatic carbocycles. The number of alkyl halides is 2. The number of hydrogen-bond donors (Lipinski definition) is 1. The lowest BCUT2D eigenvalue weighted by atomic mass is 10.3. The zero-order chi connectivity index (χ0) is 14.1. The number of carbonyl (C=O) groups excluding carboxylic acids is 1. The zero-order valence-corrected chi connectivity index (χ0v) is 10.4. The van der Waals surface area contributed by atoms with Gasteiger partial charge in [0.1, 0.15) is 12.4 Å². The topological polar surface area (TPSA) is 56.8 Å². The van der Waals surface area contributed by atoms with E-state index in [9.17, 15) is 13.6 Å². The molecule has 0 heterocycles. The second kappa shape index (κ2) is 8.39. The maximum absolute atomic E-state index is 11.9. The summed E-state index contributed by atoms with van der Waals surface area (Å²) >= 11 is 0. The molecule has 0 saturated heterocycles. The molecule has 1 aromatic carbocycles. The molecule has 5 nitrogen and oxygen atoms in total. The number of carbonyl (C=O) groups is 1. The van der Waals surface area contributed by atoms with Crippen molar-refractivity contribution in [2.45, 2.75) is 6.61 Å². The maximum atomic E-state index is 11.9. The molecule has 106 valence electrons. The molecule has 0 saturated carbocycles. The average molecular weight is 275 g/mol. The van der Waals surface area contributed by atoms with E-state index in [2.05, 4.69) is 10.1 Å². The molecule has 0 aliphatic rings. The van der Waals surface area contributed by atoms with Gasteiger partial charge in [0, 0.05) is 12.8 Å². The fraction of sp³-hybridized carbons (Fsp3) is 0.417. The van der Waals surface area contributed by atoms with E-state index < -0.39 is 6.61 Å². The van der Waals surface area contributed by atoms with E-state index in [1.54, 1.807) is 0 Å². The summed E-state index contributed by atoms with van der Waals surface area (Å²) in [5.74, 6) is -0.303. The lowest BCUT2D eigenvalue weighted by Gasteiger charge is -2.08. The van der Waals surface area contributed by atoms with E-state index in [0.717, 1.165) is 0 Å². The molecule has 0 aliphatic heterocycles. The summed E-state index contributed by atoms with van der Waals surface area (Å²) in [6.07, 6.45) is 0. The molecule has 1 rings (SSSR count). The monoisotopic (exact) mass is 275 g/mol. The number of anilines is 1. The van der Waals surface area contributed by atoms with Gasteiger partial charge in [0.25, 0.3) is 0 Å². The molecule has 0 fully saturated rings. The summed E-state index contributed by atoms with van der Waals surface area (Å²) in [5.41, 5.74) is 0.474. The first-order chi connectivity index (χ1) is 9.11. The SMILES string of the molecule is COCCOCC(=O)Nc1ccc(OC(F)F)cc1. The quantitative estimate of drug-likeness (QED) is 0.736. The molecule has 0 unspecified atom stereocenters. The molecule has 7 heteroatoms. The van der Waals surface area contributed by atoms with Crippen LogP contribution in [-0.2, 0) is 14.3 Å². The largest absolute Gasteiger partial charge is 0.435 e. The average Bonchev–Trinajstić information content (AvgIpc) is 2.36. The number of amides is 1. The van der Waals surface area contributed by atoms with Gasteiger partial charge in [-0.05, 0) is 24.3 Å². The Balaban J connectivity index is 2.34. The van der Waals surface area contributed by atoms with E-state index in [1.165, 1.54) is 31.4 Å². The summed E-state index contributed by atoms with van der Waals surface area (Å²) in [4.78, 5) is 11.4. The van der Waals surface area contributed by atoms with Gasteiger partial charge in [0.05, 0.1) is 13.2 Å². The summed E-state index contributed by atoms with van der Waals surface area (Å²) in [5, 5.41) is 2.55. The smallest absolute Gasteiger partial charge is 0.387 e. The summed E-state index contributed by atoms with van der Waals surface area (Å²) in [6.45, 7) is -2.23. The van der Waals surface area contributed by atoms with Gasteiger partial charge in [-0.3, -0.25) is 4.79 Å². The highest BCUT2D eigenvalue weighted by atomic mass is 19.3. The number of rotatable bonds is 8. The Bertz CT molecular complexity index is 384. The highest BCUT2D eigenvalue weighted by Gasteiger charge is 2.05.